The molecule has 1 unspecified atom stereocenters. The van der Waals surface area contributed by atoms with Gasteiger partial charge >= 0.3 is 0 Å². The predicted octanol–water partition coefficient (Wildman–Crippen LogP) is 3.71. The molecule has 5 nitrogen and oxygen atoms in total. The van der Waals surface area contributed by atoms with Gasteiger partial charge in [0.1, 0.15) is 5.75 Å². The smallest absolute Gasteiger partial charge is 0.228 e. The average molecular weight is 364 g/mol. The van der Waals surface area contributed by atoms with Crippen molar-refractivity contribution in [3.8, 4) is 5.75 Å². The molecule has 0 radical (unpaired) electrons. The van der Waals surface area contributed by atoms with Crippen molar-refractivity contribution >= 4 is 17.5 Å². The van der Waals surface area contributed by atoms with E-state index in [1.165, 1.54) is 0 Å². The van der Waals surface area contributed by atoms with Crippen LogP contribution in [0.15, 0.2) is 48.5 Å². The van der Waals surface area contributed by atoms with Gasteiger partial charge in [-0.05, 0) is 42.2 Å². The third kappa shape index (κ3) is 3.29. The second kappa shape index (κ2) is 7.06. The number of benzene rings is 2. The highest BCUT2D eigenvalue weighted by Gasteiger charge is 2.40. The molecule has 1 aliphatic heterocycles. The van der Waals surface area contributed by atoms with E-state index in [1.807, 2.05) is 48.5 Å². The summed E-state index contributed by atoms with van der Waals surface area (Å²) in [5, 5.41) is 6.18. The van der Waals surface area contributed by atoms with Crippen molar-refractivity contribution in [2.75, 3.05) is 12.4 Å². The molecule has 2 N–H and O–H groups in total. The molecule has 0 aromatic heterocycles. The molecule has 1 saturated carbocycles. The quantitative estimate of drug-likeness (QED) is 0.869. The Morgan fingerprint density at radius 3 is 2.52 bits per heavy atom. The van der Waals surface area contributed by atoms with Gasteiger partial charge < -0.3 is 15.4 Å². The van der Waals surface area contributed by atoms with E-state index in [-0.39, 0.29) is 23.8 Å². The van der Waals surface area contributed by atoms with Crippen LogP contribution in [0, 0.1) is 0 Å². The van der Waals surface area contributed by atoms with Crippen LogP contribution in [0.1, 0.15) is 49.1 Å². The Kier molecular flexibility index (Phi) is 4.60. The molecule has 0 saturated heterocycles. The van der Waals surface area contributed by atoms with Gasteiger partial charge in [0.05, 0.1) is 18.6 Å². The van der Waals surface area contributed by atoms with Crippen molar-refractivity contribution in [2.45, 2.75) is 43.6 Å². The summed E-state index contributed by atoms with van der Waals surface area (Å²) in [6, 6.07) is 15.5. The van der Waals surface area contributed by atoms with E-state index >= 15 is 0 Å². The highest BCUT2D eigenvalue weighted by Crippen LogP contribution is 2.41. The molecule has 2 aliphatic rings. The lowest BCUT2D eigenvalue weighted by Gasteiger charge is -2.34. The molecule has 4 rings (SSSR count). The Morgan fingerprint density at radius 1 is 1.11 bits per heavy atom. The fourth-order valence-electron chi connectivity index (χ4n) is 4.34. The molecule has 0 bridgehead atoms. The van der Waals surface area contributed by atoms with Crippen LogP contribution in [0.3, 0.4) is 0 Å². The van der Waals surface area contributed by atoms with Crippen molar-refractivity contribution in [1.82, 2.24) is 5.32 Å². The fourth-order valence-corrected chi connectivity index (χ4v) is 4.34. The van der Waals surface area contributed by atoms with Gasteiger partial charge in [-0.25, -0.2) is 0 Å². The van der Waals surface area contributed by atoms with Gasteiger partial charge in [-0.1, -0.05) is 43.2 Å². The molecule has 1 atom stereocenters. The lowest BCUT2D eigenvalue weighted by atomic mass is 9.85. The molecular weight excluding hydrogens is 340 g/mol. The number of ether oxygens (including phenoxy) is 1. The summed E-state index contributed by atoms with van der Waals surface area (Å²) >= 11 is 0. The lowest BCUT2D eigenvalue weighted by Crippen LogP contribution is -2.47. The summed E-state index contributed by atoms with van der Waals surface area (Å²) in [4.78, 5) is 25.3. The van der Waals surface area contributed by atoms with E-state index in [2.05, 4.69) is 10.6 Å². The SMILES string of the molecule is COc1ccc(C2(NC(=O)C3CC(=O)Nc4ccccc43)CCCC2)cc1. The minimum Gasteiger partial charge on any atom is -0.497 e. The third-order valence-electron chi connectivity index (χ3n) is 5.78. The number of methoxy groups -OCH3 is 1. The fraction of sp³-hybridized carbons (Fsp3) is 0.364. The Labute approximate surface area is 159 Å². The van der Waals surface area contributed by atoms with Gasteiger partial charge in [0.25, 0.3) is 0 Å². The van der Waals surface area contributed by atoms with Crippen LogP contribution >= 0.6 is 0 Å². The molecule has 2 aromatic carbocycles. The zero-order valence-electron chi connectivity index (χ0n) is 15.5. The second-order valence-corrected chi connectivity index (χ2v) is 7.40. The van der Waals surface area contributed by atoms with Crippen molar-refractivity contribution in [1.29, 1.82) is 0 Å². The zero-order chi connectivity index (χ0) is 18.9. The van der Waals surface area contributed by atoms with Gasteiger partial charge in [0.2, 0.25) is 11.8 Å². The number of carbonyl (C=O) groups is 2. The molecular formula is C22H24N2O3. The first kappa shape index (κ1) is 17.6. The standard InChI is InChI=1S/C22H24N2O3/c1-27-16-10-8-15(9-11-16)22(12-4-5-13-22)24-21(26)18-14-20(25)23-19-7-3-2-6-17(18)19/h2-3,6-11,18H,4-5,12-14H2,1H3,(H,23,25)(H,24,26). The van der Waals surface area contributed by atoms with Crippen molar-refractivity contribution in [3.63, 3.8) is 0 Å². The number of para-hydroxylation sites is 1. The van der Waals surface area contributed by atoms with Crippen LogP contribution in [0.2, 0.25) is 0 Å². The Bertz CT molecular complexity index is 854. The number of fused-ring (bicyclic) bond motifs is 1. The first-order chi connectivity index (χ1) is 13.1. The van der Waals surface area contributed by atoms with Gasteiger partial charge in [0.15, 0.2) is 0 Å². The minimum atomic E-state index is -0.453. The molecule has 1 aliphatic carbocycles. The number of carbonyl (C=O) groups excluding carboxylic acids is 2. The number of nitrogens with one attached hydrogen (secondary N) is 2. The molecule has 140 valence electrons. The summed E-state index contributed by atoms with van der Waals surface area (Å²) in [6.07, 6.45) is 4.15. The van der Waals surface area contributed by atoms with E-state index in [4.69, 9.17) is 4.74 Å². The average Bonchev–Trinajstić information content (AvgIpc) is 3.17. The van der Waals surface area contributed by atoms with E-state index in [0.717, 1.165) is 48.2 Å². The summed E-state index contributed by atoms with van der Waals surface area (Å²) in [6.45, 7) is 0. The van der Waals surface area contributed by atoms with Crippen molar-refractivity contribution in [3.05, 3.63) is 59.7 Å². The van der Waals surface area contributed by atoms with Crippen LogP contribution in [-0.2, 0) is 15.1 Å². The van der Waals surface area contributed by atoms with E-state index in [0.29, 0.717) is 0 Å². The minimum absolute atomic E-state index is 0.0741. The number of rotatable bonds is 4. The largest absolute Gasteiger partial charge is 0.497 e. The normalized spacial score (nSPS) is 20.5. The third-order valence-corrected chi connectivity index (χ3v) is 5.78. The Balaban J connectivity index is 1.62. The number of hydrogen-bond acceptors (Lipinski definition) is 3. The highest BCUT2D eigenvalue weighted by molar-refractivity contribution is 6.01. The highest BCUT2D eigenvalue weighted by atomic mass is 16.5. The molecule has 1 fully saturated rings. The van der Waals surface area contributed by atoms with Crippen molar-refractivity contribution < 1.29 is 14.3 Å². The Morgan fingerprint density at radius 2 is 1.81 bits per heavy atom. The molecule has 27 heavy (non-hydrogen) atoms. The molecule has 2 aromatic rings. The molecule has 5 heteroatoms. The topological polar surface area (TPSA) is 67.4 Å². The predicted molar refractivity (Wildman–Crippen MR) is 104 cm³/mol. The summed E-state index contributed by atoms with van der Waals surface area (Å²) in [5.41, 5.74) is 2.35. The van der Waals surface area contributed by atoms with Crippen molar-refractivity contribution in [2.24, 2.45) is 0 Å². The molecule has 0 spiro atoms. The molecule has 1 heterocycles. The van der Waals surface area contributed by atoms with Crippen LogP contribution in [0.25, 0.3) is 0 Å². The van der Waals surface area contributed by atoms with Gasteiger partial charge in [-0.15, -0.1) is 0 Å². The van der Waals surface area contributed by atoms with E-state index < -0.39 is 5.92 Å². The van der Waals surface area contributed by atoms with E-state index in [1.54, 1.807) is 7.11 Å². The number of hydrogen-bond donors (Lipinski definition) is 2. The Hall–Kier alpha value is -2.82. The second-order valence-electron chi connectivity index (χ2n) is 7.40. The number of amides is 2. The molecule has 2 amide bonds. The lowest BCUT2D eigenvalue weighted by molar-refractivity contribution is -0.128. The van der Waals surface area contributed by atoms with Gasteiger partial charge in [0, 0.05) is 12.1 Å². The zero-order valence-corrected chi connectivity index (χ0v) is 15.5. The summed E-state index contributed by atoms with van der Waals surface area (Å²) in [5.74, 6) is 0.163. The van der Waals surface area contributed by atoms with Crippen LogP contribution in [0.4, 0.5) is 5.69 Å². The summed E-state index contributed by atoms with van der Waals surface area (Å²) in [7, 11) is 1.65. The maximum atomic E-state index is 13.2. The van der Waals surface area contributed by atoms with Crippen LogP contribution in [0.5, 0.6) is 5.75 Å². The maximum Gasteiger partial charge on any atom is 0.228 e. The van der Waals surface area contributed by atoms with Crippen LogP contribution in [-0.4, -0.2) is 18.9 Å². The monoisotopic (exact) mass is 364 g/mol. The van der Waals surface area contributed by atoms with Crippen LogP contribution < -0.4 is 15.4 Å². The summed E-state index contributed by atoms with van der Waals surface area (Å²) < 4.78 is 5.26. The number of anilines is 1. The van der Waals surface area contributed by atoms with Gasteiger partial charge in [-0.3, -0.25) is 9.59 Å². The van der Waals surface area contributed by atoms with Gasteiger partial charge in [-0.2, -0.15) is 0 Å². The maximum absolute atomic E-state index is 13.2. The first-order valence-corrected chi connectivity index (χ1v) is 9.47. The van der Waals surface area contributed by atoms with E-state index in [9.17, 15) is 9.59 Å². The first-order valence-electron chi connectivity index (χ1n) is 9.47.